The third kappa shape index (κ3) is 3.47. The minimum atomic E-state index is -0.147. The van der Waals surface area contributed by atoms with Crippen molar-refractivity contribution in [3.8, 4) is 0 Å². The number of methoxy groups -OCH3 is 1. The van der Waals surface area contributed by atoms with Gasteiger partial charge in [-0.2, -0.15) is 0 Å². The van der Waals surface area contributed by atoms with Gasteiger partial charge in [-0.05, 0) is 53.7 Å². The van der Waals surface area contributed by atoms with Gasteiger partial charge < -0.3 is 9.64 Å². The molecule has 0 amide bonds. The fourth-order valence-electron chi connectivity index (χ4n) is 2.60. The Morgan fingerprint density at radius 2 is 2.37 bits per heavy atom. The molecule has 0 aromatic carbocycles. The number of carbonyl (C=O) groups excluding carboxylic acids is 1. The zero-order chi connectivity index (χ0) is 13.8. The van der Waals surface area contributed by atoms with Crippen molar-refractivity contribution in [2.24, 2.45) is 0 Å². The molecule has 1 atom stereocenters. The Morgan fingerprint density at radius 1 is 1.58 bits per heavy atom. The van der Waals surface area contributed by atoms with E-state index in [1.54, 1.807) is 0 Å². The summed E-state index contributed by atoms with van der Waals surface area (Å²) >= 11 is 3.43. The fourth-order valence-corrected chi connectivity index (χ4v) is 3.05. The van der Waals surface area contributed by atoms with E-state index in [2.05, 4.69) is 38.8 Å². The summed E-state index contributed by atoms with van der Waals surface area (Å²) in [6.45, 7) is 3.01. The molecule has 5 heteroatoms. The molecule has 2 heterocycles. The zero-order valence-corrected chi connectivity index (χ0v) is 12.9. The van der Waals surface area contributed by atoms with Crippen LogP contribution >= 0.6 is 15.9 Å². The normalized spacial score (nSPS) is 19.3. The van der Waals surface area contributed by atoms with E-state index in [0.717, 1.165) is 41.7 Å². The number of pyridine rings is 1. The van der Waals surface area contributed by atoms with Gasteiger partial charge in [0.15, 0.2) is 0 Å². The van der Waals surface area contributed by atoms with Crippen LogP contribution in [0.1, 0.15) is 31.2 Å². The second-order valence-corrected chi connectivity index (χ2v) is 5.83. The second kappa shape index (κ2) is 6.37. The fraction of sp³-hybridized carbons (Fsp3) is 0.571. The molecule has 1 fully saturated rings. The number of carbonyl (C=O) groups is 1. The maximum atomic E-state index is 11.5. The average molecular weight is 327 g/mol. The van der Waals surface area contributed by atoms with Gasteiger partial charge in [0.2, 0.25) is 0 Å². The summed E-state index contributed by atoms with van der Waals surface area (Å²) in [4.78, 5) is 18.3. The van der Waals surface area contributed by atoms with Crippen molar-refractivity contribution in [2.45, 2.75) is 38.6 Å². The summed E-state index contributed by atoms with van der Waals surface area (Å²) < 4.78 is 5.77. The monoisotopic (exact) mass is 326 g/mol. The number of rotatable bonds is 3. The lowest BCUT2D eigenvalue weighted by Gasteiger charge is -2.37. The van der Waals surface area contributed by atoms with Gasteiger partial charge in [-0.3, -0.25) is 4.79 Å². The zero-order valence-electron chi connectivity index (χ0n) is 11.4. The minimum absolute atomic E-state index is 0.147. The number of hydrogen-bond acceptors (Lipinski definition) is 4. The molecule has 2 rings (SSSR count). The van der Waals surface area contributed by atoms with Gasteiger partial charge in [-0.15, -0.1) is 0 Å². The first-order chi connectivity index (χ1) is 9.11. The summed E-state index contributed by atoms with van der Waals surface area (Å²) in [5, 5.41) is 0. The maximum absolute atomic E-state index is 11.5. The standard InChI is InChI=1S/C14H19BrN2O2/c1-10-7-11(15)9-16-14(10)17-6-4-3-5-12(17)8-13(18)19-2/h7,9,12H,3-6,8H2,1-2H3. The van der Waals surface area contributed by atoms with E-state index in [9.17, 15) is 4.79 Å². The van der Waals surface area contributed by atoms with Crippen LogP contribution in [0, 0.1) is 6.92 Å². The predicted molar refractivity (Wildman–Crippen MR) is 78.3 cm³/mol. The van der Waals surface area contributed by atoms with E-state index < -0.39 is 0 Å². The Kier molecular flexibility index (Phi) is 4.80. The molecule has 0 aliphatic carbocycles. The number of nitrogens with zero attached hydrogens (tertiary/aromatic N) is 2. The average Bonchev–Trinajstić information content (AvgIpc) is 2.40. The SMILES string of the molecule is COC(=O)CC1CCCCN1c1ncc(Br)cc1C. The lowest BCUT2D eigenvalue weighted by atomic mass is 9.99. The minimum Gasteiger partial charge on any atom is -0.469 e. The van der Waals surface area contributed by atoms with E-state index in [1.165, 1.54) is 7.11 Å². The number of hydrogen-bond donors (Lipinski definition) is 0. The van der Waals surface area contributed by atoms with Crippen molar-refractivity contribution in [3.63, 3.8) is 0 Å². The highest BCUT2D eigenvalue weighted by molar-refractivity contribution is 9.10. The summed E-state index contributed by atoms with van der Waals surface area (Å²) in [6.07, 6.45) is 5.58. The number of halogens is 1. The van der Waals surface area contributed by atoms with Gasteiger partial charge >= 0.3 is 5.97 Å². The Bertz CT molecular complexity index is 465. The Labute approximate surface area is 122 Å². The lowest BCUT2D eigenvalue weighted by molar-refractivity contribution is -0.141. The van der Waals surface area contributed by atoms with Crippen LogP contribution in [0.25, 0.3) is 0 Å². The van der Waals surface area contributed by atoms with Gasteiger partial charge in [-0.1, -0.05) is 0 Å². The molecule has 0 bridgehead atoms. The summed E-state index contributed by atoms with van der Waals surface area (Å²) in [7, 11) is 1.44. The molecule has 1 aromatic heterocycles. The molecule has 4 nitrogen and oxygen atoms in total. The molecule has 0 radical (unpaired) electrons. The number of piperidine rings is 1. The first-order valence-electron chi connectivity index (χ1n) is 6.57. The van der Waals surface area contributed by atoms with Crippen molar-refractivity contribution >= 4 is 27.7 Å². The number of ether oxygens (including phenoxy) is 1. The van der Waals surface area contributed by atoms with E-state index in [4.69, 9.17) is 4.74 Å². The third-order valence-corrected chi connectivity index (χ3v) is 3.98. The topological polar surface area (TPSA) is 42.4 Å². The molecule has 0 N–H and O–H groups in total. The van der Waals surface area contributed by atoms with E-state index >= 15 is 0 Å². The Morgan fingerprint density at radius 3 is 3.05 bits per heavy atom. The van der Waals surface area contributed by atoms with Crippen molar-refractivity contribution in [1.82, 2.24) is 4.98 Å². The summed E-state index contributed by atoms with van der Waals surface area (Å²) in [6, 6.07) is 2.26. The first kappa shape index (κ1) is 14.3. The van der Waals surface area contributed by atoms with Crippen LogP contribution in [0.15, 0.2) is 16.7 Å². The van der Waals surface area contributed by atoms with Crippen LogP contribution < -0.4 is 4.90 Å². The highest BCUT2D eigenvalue weighted by Gasteiger charge is 2.27. The molecule has 19 heavy (non-hydrogen) atoms. The Hall–Kier alpha value is -1.10. The lowest BCUT2D eigenvalue weighted by Crippen LogP contribution is -2.42. The predicted octanol–water partition coefficient (Wildman–Crippen LogP) is 3.07. The molecule has 1 aliphatic heterocycles. The van der Waals surface area contributed by atoms with Crippen LogP contribution in [-0.2, 0) is 9.53 Å². The molecule has 0 spiro atoms. The number of aromatic nitrogens is 1. The third-order valence-electron chi connectivity index (χ3n) is 3.55. The van der Waals surface area contributed by atoms with E-state index in [1.807, 2.05) is 6.20 Å². The van der Waals surface area contributed by atoms with Crippen molar-refractivity contribution in [3.05, 3.63) is 22.3 Å². The van der Waals surface area contributed by atoms with Crippen molar-refractivity contribution in [2.75, 3.05) is 18.6 Å². The molecule has 104 valence electrons. The molecule has 1 unspecified atom stereocenters. The van der Waals surface area contributed by atoms with E-state index in [0.29, 0.717) is 6.42 Å². The Balaban J connectivity index is 2.21. The maximum Gasteiger partial charge on any atom is 0.307 e. The van der Waals surface area contributed by atoms with Crippen LogP contribution in [-0.4, -0.2) is 30.6 Å². The van der Waals surface area contributed by atoms with Gasteiger partial charge in [0, 0.05) is 23.3 Å². The molecule has 1 aliphatic rings. The molecule has 0 saturated carbocycles. The number of anilines is 1. The first-order valence-corrected chi connectivity index (χ1v) is 7.36. The highest BCUT2D eigenvalue weighted by Crippen LogP contribution is 2.28. The smallest absolute Gasteiger partial charge is 0.307 e. The van der Waals surface area contributed by atoms with Crippen LogP contribution in [0.5, 0.6) is 0 Å². The molecule has 1 aromatic rings. The number of aryl methyl sites for hydroxylation is 1. The quantitative estimate of drug-likeness (QED) is 0.800. The van der Waals surface area contributed by atoms with Crippen LogP contribution in [0.4, 0.5) is 5.82 Å². The van der Waals surface area contributed by atoms with E-state index in [-0.39, 0.29) is 12.0 Å². The van der Waals surface area contributed by atoms with Gasteiger partial charge in [-0.25, -0.2) is 4.98 Å². The molecule has 1 saturated heterocycles. The summed E-state index contributed by atoms with van der Waals surface area (Å²) in [5.41, 5.74) is 1.13. The molecular weight excluding hydrogens is 308 g/mol. The summed E-state index contributed by atoms with van der Waals surface area (Å²) in [5.74, 6) is 0.837. The number of esters is 1. The van der Waals surface area contributed by atoms with Crippen molar-refractivity contribution < 1.29 is 9.53 Å². The van der Waals surface area contributed by atoms with Gasteiger partial charge in [0.1, 0.15) is 5.82 Å². The van der Waals surface area contributed by atoms with Gasteiger partial charge in [0.05, 0.1) is 13.5 Å². The van der Waals surface area contributed by atoms with Crippen LogP contribution in [0.2, 0.25) is 0 Å². The second-order valence-electron chi connectivity index (χ2n) is 4.92. The van der Waals surface area contributed by atoms with Crippen molar-refractivity contribution in [1.29, 1.82) is 0 Å². The molecular formula is C14H19BrN2O2. The van der Waals surface area contributed by atoms with Gasteiger partial charge in [0.25, 0.3) is 0 Å². The highest BCUT2D eigenvalue weighted by atomic mass is 79.9. The largest absolute Gasteiger partial charge is 0.469 e. The van der Waals surface area contributed by atoms with Crippen LogP contribution in [0.3, 0.4) is 0 Å².